The third-order valence-corrected chi connectivity index (χ3v) is 11.1. The zero-order valence-corrected chi connectivity index (χ0v) is 30.9. The van der Waals surface area contributed by atoms with Crippen molar-refractivity contribution in [1.82, 2.24) is 0 Å². The predicted octanol–water partition coefficient (Wildman–Crippen LogP) is 15.5. The molecule has 0 fully saturated rings. The number of fused-ring (bicyclic) bond motifs is 8. The zero-order valence-electron chi connectivity index (χ0n) is 43.9. The van der Waals surface area contributed by atoms with Crippen molar-refractivity contribution in [2.45, 2.75) is 19.3 Å². The Balaban J connectivity index is 1.18. The Kier molecular flexibility index (Phi) is 5.10. The maximum atomic E-state index is 9.82. The van der Waals surface area contributed by atoms with Gasteiger partial charge in [0.25, 0.3) is 0 Å². The van der Waals surface area contributed by atoms with Gasteiger partial charge in [0.1, 0.15) is 11.2 Å². The molecule has 0 amide bonds. The van der Waals surface area contributed by atoms with E-state index in [-0.39, 0.29) is 16.9 Å². The van der Waals surface area contributed by atoms with Crippen LogP contribution in [0.4, 0.5) is 17.1 Å². The topological polar surface area (TPSA) is 16.4 Å². The van der Waals surface area contributed by atoms with Gasteiger partial charge in [0.2, 0.25) is 0 Å². The lowest BCUT2D eigenvalue weighted by Gasteiger charge is -2.27. The molecule has 2 nitrogen and oxygen atoms in total. The van der Waals surface area contributed by atoms with Crippen molar-refractivity contribution in [1.29, 1.82) is 0 Å². The zero-order chi connectivity index (χ0) is 49.4. The van der Waals surface area contributed by atoms with Crippen molar-refractivity contribution in [3.8, 4) is 44.5 Å². The fourth-order valence-corrected chi connectivity index (χ4v) is 8.50. The highest BCUT2D eigenvalue weighted by Gasteiger charge is 2.37. The molecule has 9 aromatic carbocycles. The fourth-order valence-electron chi connectivity index (χ4n) is 8.50. The molecule has 1 aliphatic carbocycles. The van der Waals surface area contributed by atoms with Crippen molar-refractivity contribution in [2.75, 3.05) is 4.90 Å². The first-order valence-electron chi connectivity index (χ1n) is 25.2. The highest BCUT2D eigenvalue weighted by atomic mass is 16.3. The Morgan fingerprint density at radius 2 is 1.12 bits per heavy atom. The van der Waals surface area contributed by atoms with Crippen LogP contribution < -0.4 is 4.90 Å². The molecule has 0 radical (unpaired) electrons. The summed E-state index contributed by atoms with van der Waals surface area (Å²) in [6.07, 6.45) is 0. The van der Waals surface area contributed by atoms with Crippen molar-refractivity contribution in [3.63, 3.8) is 0 Å². The van der Waals surface area contributed by atoms with Crippen LogP contribution in [0, 0.1) is 0 Å². The standard InChI is InChI=1S/C55H39NO/c1-55(2)50-23-9-8-19-47(50)48-22-11-21-45(53(48)55)39-27-32-42(33-28-39)56(41-30-25-37(26-31-41)36-13-4-3-5-14-36)43-17-10-16-40(35-43)44-20-12-24-51-52(44)49-34-29-38-15-6-7-18-46(38)54(49)57-51/h3-35H,1-2H3/i3D,4D,5D,13D,14D,25D,26D,27D,28D,30D,31D,32D,33D. The summed E-state index contributed by atoms with van der Waals surface area (Å²) in [4.78, 5) is 1.21. The van der Waals surface area contributed by atoms with Crippen LogP contribution >= 0.6 is 0 Å². The van der Waals surface area contributed by atoms with Gasteiger partial charge in [-0.3, -0.25) is 0 Å². The quantitative estimate of drug-likeness (QED) is 0.169. The molecule has 1 heterocycles. The van der Waals surface area contributed by atoms with Crippen molar-refractivity contribution in [2.24, 2.45) is 0 Å². The number of hydrogen-bond donors (Lipinski definition) is 0. The van der Waals surface area contributed by atoms with E-state index >= 15 is 0 Å². The Morgan fingerprint density at radius 1 is 0.474 bits per heavy atom. The van der Waals surface area contributed by atoms with Gasteiger partial charge in [0.15, 0.2) is 0 Å². The lowest BCUT2D eigenvalue weighted by Crippen LogP contribution is -2.16. The second-order valence-corrected chi connectivity index (χ2v) is 14.7. The smallest absolute Gasteiger partial charge is 0.143 e. The van der Waals surface area contributed by atoms with Gasteiger partial charge in [-0.25, -0.2) is 0 Å². The molecule has 1 aliphatic rings. The van der Waals surface area contributed by atoms with E-state index in [1.807, 2.05) is 97.1 Å². The minimum absolute atomic E-state index is 0.0484. The SMILES string of the molecule is [2H]c1c([2H])c([2H])c(-c2c([2H])c([2H])c(N(c3cccc(-c4cccc5oc6c7ccccc7ccc6c45)c3)c3c([2H])c([2H])c(-c4cccc5c4C(C)(C)c4ccccc4-5)c([2H])c3[2H])c([2H])c2[2H])c([2H])c1[2H]. The Morgan fingerprint density at radius 3 is 1.95 bits per heavy atom. The van der Waals surface area contributed by atoms with E-state index in [9.17, 15) is 11.0 Å². The van der Waals surface area contributed by atoms with Gasteiger partial charge in [-0.15, -0.1) is 0 Å². The summed E-state index contributed by atoms with van der Waals surface area (Å²) < 4.78 is 126. The van der Waals surface area contributed by atoms with Gasteiger partial charge >= 0.3 is 0 Å². The molecule has 0 unspecified atom stereocenters. The molecule has 1 aromatic heterocycles. The first-order valence-corrected chi connectivity index (χ1v) is 18.7. The van der Waals surface area contributed by atoms with E-state index in [1.54, 1.807) is 24.3 Å². The Bertz CT molecular complexity index is 3850. The van der Waals surface area contributed by atoms with Crippen LogP contribution in [0.25, 0.3) is 77.2 Å². The average molecular weight is 743 g/mol. The van der Waals surface area contributed by atoms with Crippen molar-refractivity contribution < 1.29 is 22.2 Å². The van der Waals surface area contributed by atoms with Crippen LogP contribution in [0.15, 0.2) is 204 Å². The molecule has 2 heteroatoms. The number of furan rings is 1. The molecular weight excluding hydrogens is 691 g/mol. The number of nitrogens with zero attached hydrogens (tertiary/aromatic N) is 1. The van der Waals surface area contributed by atoms with Gasteiger partial charge in [0.05, 0.1) is 17.8 Å². The monoisotopic (exact) mass is 742 g/mol. The van der Waals surface area contributed by atoms with Crippen LogP contribution in [0.2, 0.25) is 0 Å². The Labute approximate surface area is 351 Å². The van der Waals surface area contributed by atoms with Crippen LogP contribution in [0.3, 0.4) is 0 Å². The van der Waals surface area contributed by atoms with Gasteiger partial charge < -0.3 is 9.32 Å². The summed E-state index contributed by atoms with van der Waals surface area (Å²) >= 11 is 0. The molecular formula is C55H39NO. The maximum absolute atomic E-state index is 9.82. The van der Waals surface area contributed by atoms with Gasteiger partial charge in [-0.2, -0.15) is 0 Å². The largest absolute Gasteiger partial charge is 0.455 e. The van der Waals surface area contributed by atoms with E-state index in [4.69, 9.17) is 11.3 Å². The first-order chi connectivity index (χ1) is 33.4. The second kappa shape index (κ2) is 13.0. The van der Waals surface area contributed by atoms with Gasteiger partial charge in [0, 0.05) is 38.6 Å². The van der Waals surface area contributed by atoms with Crippen molar-refractivity contribution >= 4 is 49.8 Å². The molecule has 0 N–H and O–H groups in total. The molecule has 0 bridgehead atoms. The molecule has 10 aromatic rings. The second-order valence-electron chi connectivity index (χ2n) is 14.7. The molecule has 0 aliphatic heterocycles. The van der Waals surface area contributed by atoms with E-state index in [2.05, 4.69) is 13.8 Å². The van der Waals surface area contributed by atoms with E-state index in [0.717, 1.165) is 49.4 Å². The lowest BCUT2D eigenvalue weighted by molar-refractivity contribution is 0.662. The summed E-state index contributed by atoms with van der Waals surface area (Å²) in [5.74, 6) is 0. The molecule has 57 heavy (non-hydrogen) atoms. The van der Waals surface area contributed by atoms with Crippen LogP contribution in [0.1, 0.15) is 42.8 Å². The highest BCUT2D eigenvalue weighted by molar-refractivity contribution is 6.19. The summed E-state index contributed by atoms with van der Waals surface area (Å²) in [7, 11) is 0. The fraction of sp³-hybridized carbons (Fsp3) is 0.0545. The third kappa shape index (κ3) is 5.33. The summed E-state index contributed by atoms with van der Waals surface area (Å²) in [5, 5.41) is 3.58. The normalized spacial score (nSPS) is 16.1. The summed E-state index contributed by atoms with van der Waals surface area (Å²) in [6, 6.07) is 29.7. The van der Waals surface area contributed by atoms with Crippen molar-refractivity contribution in [3.05, 3.63) is 211 Å². The number of benzene rings is 9. The first kappa shape index (κ1) is 22.4. The molecule has 0 spiro atoms. The van der Waals surface area contributed by atoms with E-state index in [1.165, 1.54) is 4.90 Å². The number of rotatable bonds is 6. The molecule has 0 saturated carbocycles. The molecule has 0 saturated heterocycles. The maximum Gasteiger partial charge on any atom is 0.143 e. The van der Waals surface area contributed by atoms with Crippen LogP contribution in [0.5, 0.6) is 0 Å². The number of anilines is 3. The Hall–Kier alpha value is -7.16. The van der Waals surface area contributed by atoms with Crippen LogP contribution in [-0.2, 0) is 5.41 Å². The van der Waals surface area contributed by atoms with E-state index < -0.39 is 101 Å². The molecule has 0 atom stereocenters. The van der Waals surface area contributed by atoms with Crippen LogP contribution in [-0.4, -0.2) is 0 Å². The average Bonchev–Trinajstić information content (AvgIpc) is 3.87. The van der Waals surface area contributed by atoms with E-state index in [0.29, 0.717) is 22.3 Å². The lowest BCUT2D eigenvalue weighted by atomic mass is 9.79. The van der Waals surface area contributed by atoms with Gasteiger partial charge in [-0.1, -0.05) is 165 Å². The summed E-state index contributed by atoms with van der Waals surface area (Å²) in [6.45, 7) is 4.12. The highest BCUT2D eigenvalue weighted by Crippen LogP contribution is 2.52. The summed E-state index contributed by atoms with van der Waals surface area (Å²) in [5.41, 5.74) is 4.74. The number of hydrogen-bond acceptors (Lipinski definition) is 2. The molecule has 270 valence electrons. The minimum Gasteiger partial charge on any atom is -0.455 e. The van der Waals surface area contributed by atoms with Gasteiger partial charge in [-0.05, 0) is 109 Å². The predicted molar refractivity (Wildman–Crippen MR) is 240 cm³/mol. The molecule has 11 rings (SSSR count). The third-order valence-electron chi connectivity index (χ3n) is 11.1. The minimum atomic E-state index is -0.744.